The molecule has 0 N–H and O–H groups in total. The summed E-state index contributed by atoms with van der Waals surface area (Å²) in [7, 11) is 1.66. The number of ether oxygens (including phenoxy) is 1. The van der Waals surface area contributed by atoms with Crippen LogP contribution in [0.3, 0.4) is 0 Å². The Balaban J connectivity index is 3.10. The van der Waals surface area contributed by atoms with Crippen LogP contribution in [0.2, 0.25) is 0 Å². The average molecular weight is 218 g/mol. The summed E-state index contributed by atoms with van der Waals surface area (Å²) in [6, 6.07) is 0. The van der Waals surface area contributed by atoms with Crippen molar-refractivity contribution in [1.82, 2.24) is 0 Å². The fraction of sp³-hybridized carbons (Fsp3) is 0.909. The van der Waals surface area contributed by atoms with Crippen molar-refractivity contribution in [3.05, 3.63) is 0 Å². The van der Waals surface area contributed by atoms with E-state index in [1.54, 1.807) is 7.11 Å². The molecule has 0 bridgehead atoms. The lowest BCUT2D eigenvalue weighted by molar-refractivity contribution is -0.111. The molecule has 0 saturated carbocycles. The summed E-state index contributed by atoms with van der Waals surface area (Å²) in [6.45, 7) is 2.87. The highest BCUT2D eigenvalue weighted by Crippen LogP contribution is 2.11. The molecule has 0 rings (SSSR count). The van der Waals surface area contributed by atoms with Crippen LogP contribution in [0.15, 0.2) is 0 Å². The van der Waals surface area contributed by atoms with Crippen molar-refractivity contribution in [3.8, 4) is 0 Å². The second kappa shape index (κ2) is 11.1. The van der Waals surface area contributed by atoms with E-state index in [0.717, 1.165) is 18.6 Å². The van der Waals surface area contributed by atoms with Gasteiger partial charge in [-0.05, 0) is 6.42 Å². The molecular weight excluding hydrogens is 196 g/mol. The minimum absolute atomic E-state index is 0.318. The number of hydrogen-bond acceptors (Lipinski definition) is 3. The molecule has 0 unspecified atom stereocenters. The predicted octanol–water partition coefficient (Wildman–Crippen LogP) is 3.25. The molecule has 2 nitrogen and oxygen atoms in total. The molecule has 84 valence electrons. The largest absolute Gasteiger partial charge is 0.384 e. The molecule has 0 heterocycles. The first-order chi connectivity index (χ1) is 6.81. The van der Waals surface area contributed by atoms with Crippen molar-refractivity contribution >= 4 is 16.9 Å². The van der Waals surface area contributed by atoms with Gasteiger partial charge in [0.05, 0.1) is 6.61 Å². The number of carbonyl (C=O) groups excluding carboxylic acids is 1. The lowest BCUT2D eigenvalue weighted by atomic mass is 10.1. The van der Waals surface area contributed by atoms with Crippen LogP contribution < -0.4 is 0 Å². The van der Waals surface area contributed by atoms with E-state index < -0.39 is 0 Å². The van der Waals surface area contributed by atoms with E-state index in [2.05, 4.69) is 6.92 Å². The highest BCUT2D eigenvalue weighted by atomic mass is 32.2. The topological polar surface area (TPSA) is 26.3 Å². The molecule has 0 amide bonds. The number of thioether (sulfide) groups is 1. The number of carbonyl (C=O) groups is 1. The lowest BCUT2D eigenvalue weighted by Crippen LogP contribution is -1.98. The zero-order valence-electron chi connectivity index (χ0n) is 9.38. The van der Waals surface area contributed by atoms with Crippen LogP contribution in [0.1, 0.15) is 45.4 Å². The van der Waals surface area contributed by atoms with Crippen molar-refractivity contribution in [2.24, 2.45) is 0 Å². The molecule has 14 heavy (non-hydrogen) atoms. The Labute approximate surface area is 91.8 Å². The third-order valence-electron chi connectivity index (χ3n) is 2.03. The van der Waals surface area contributed by atoms with Crippen LogP contribution in [0.25, 0.3) is 0 Å². The number of rotatable bonds is 9. The standard InChI is InChI=1S/C11H22O2S/c1-3-4-5-6-7-8-11(12)14-10-9-13-2/h3-10H2,1-2H3. The van der Waals surface area contributed by atoms with Gasteiger partial charge >= 0.3 is 0 Å². The van der Waals surface area contributed by atoms with Gasteiger partial charge in [0.25, 0.3) is 0 Å². The highest BCUT2D eigenvalue weighted by Gasteiger charge is 2.01. The Kier molecular flexibility index (Phi) is 11.0. The van der Waals surface area contributed by atoms with E-state index >= 15 is 0 Å². The van der Waals surface area contributed by atoms with Gasteiger partial charge in [-0.1, -0.05) is 44.4 Å². The summed E-state index contributed by atoms with van der Waals surface area (Å²) in [5, 5.41) is 0.318. The lowest BCUT2D eigenvalue weighted by Gasteiger charge is -2.00. The molecule has 0 saturated heterocycles. The molecule has 0 spiro atoms. The maximum atomic E-state index is 11.3. The second-order valence-electron chi connectivity index (χ2n) is 3.38. The Morgan fingerprint density at radius 3 is 2.57 bits per heavy atom. The summed E-state index contributed by atoms with van der Waals surface area (Å²) in [6.07, 6.45) is 6.81. The van der Waals surface area contributed by atoms with Crippen molar-refractivity contribution in [2.45, 2.75) is 45.4 Å². The molecular formula is C11H22O2S. The van der Waals surface area contributed by atoms with E-state index in [0.29, 0.717) is 11.7 Å². The van der Waals surface area contributed by atoms with Gasteiger partial charge in [-0.2, -0.15) is 0 Å². The first kappa shape index (κ1) is 14.0. The van der Waals surface area contributed by atoms with Gasteiger partial charge in [0.1, 0.15) is 0 Å². The van der Waals surface area contributed by atoms with Gasteiger partial charge in [-0.15, -0.1) is 0 Å². The summed E-state index contributed by atoms with van der Waals surface area (Å²) in [5.74, 6) is 0.796. The number of hydrogen-bond donors (Lipinski definition) is 0. The van der Waals surface area contributed by atoms with Crippen LogP contribution in [-0.4, -0.2) is 24.6 Å². The second-order valence-corrected chi connectivity index (χ2v) is 4.53. The van der Waals surface area contributed by atoms with Gasteiger partial charge in [0, 0.05) is 19.3 Å². The molecule has 0 radical (unpaired) electrons. The molecule has 3 heteroatoms. The molecule has 0 aromatic carbocycles. The minimum Gasteiger partial charge on any atom is -0.384 e. The van der Waals surface area contributed by atoms with Crippen molar-refractivity contribution in [1.29, 1.82) is 0 Å². The van der Waals surface area contributed by atoms with Crippen LogP contribution >= 0.6 is 11.8 Å². The normalized spacial score (nSPS) is 10.4. The number of unbranched alkanes of at least 4 members (excludes halogenated alkanes) is 4. The monoisotopic (exact) mass is 218 g/mol. The Bertz CT molecular complexity index is 137. The summed E-state index contributed by atoms with van der Waals surface area (Å²) in [4.78, 5) is 11.3. The summed E-state index contributed by atoms with van der Waals surface area (Å²) < 4.78 is 4.88. The van der Waals surface area contributed by atoms with E-state index in [1.165, 1.54) is 37.4 Å². The van der Waals surface area contributed by atoms with Crippen molar-refractivity contribution in [2.75, 3.05) is 19.5 Å². The van der Waals surface area contributed by atoms with Gasteiger partial charge in [-0.3, -0.25) is 4.79 Å². The third-order valence-corrected chi connectivity index (χ3v) is 2.93. The minimum atomic E-state index is 0.318. The van der Waals surface area contributed by atoms with E-state index in [-0.39, 0.29) is 0 Å². The Hall–Kier alpha value is -0.0200. The molecule has 0 fully saturated rings. The third kappa shape index (κ3) is 10.1. The summed E-state index contributed by atoms with van der Waals surface area (Å²) >= 11 is 1.40. The maximum Gasteiger partial charge on any atom is 0.189 e. The Morgan fingerprint density at radius 1 is 1.21 bits per heavy atom. The van der Waals surface area contributed by atoms with Crippen molar-refractivity contribution in [3.63, 3.8) is 0 Å². The first-order valence-electron chi connectivity index (χ1n) is 5.45. The zero-order chi connectivity index (χ0) is 10.6. The molecule has 0 aliphatic carbocycles. The van der Waals surface area contributed by atoms with Gasteiger partial charge in [0.15, 0.2) is 5.12 Å². The van der Waals surface area contributed by atoms with E-state index in [1.807, 2.05) is 0 Å². The smallest absolute Gasteiger partial charge is 0.189 e. The SMILES string of the molecule is CCCCCCCC(=O)SCCOC. The molecule has 0 aromatic heterocycles. The molecule has 0 aromatic rings. The fourth-order valence-electron chi connectivity index (χ4n) is 1.18. The van der Waals surface area contributed by atoms with Crippen LogP contribution in [-0.2, 0) is 9.53 Å². The predicted molar refractivity (Wildman–Crippen MR) is 62.7 cm³/mol. The molecule has 0 aliphatic rings. The average Bonchev–Trinajstić information content (AvgIpc) is 2.18. The van der Waals surface area contributed by atoms with Crippen LogP contribution in [0.5, 0.6) is 0 Å². The molecule has 0 atom stereocenters. The summed E-state index contributed by atoms with van der Waals surface area (Å²) in [5.41, 5.74) is 0. The van der Waals surface area contributed by atoms with Crippen LogP contribution in [0.4, 0.5) is 0 Å². The van der Waals surface area contributed by atoms with Gasteiger partial charge in [-0.25, -0.2) is 0 Å². The highest BCUT2D eigenvalue weighted by molar-refractivity contribution is 8.13. The maximum absolute atomic E-state index is 11.3. The molecule has 0 aliphatic heterocycles. The van der Waals surface area contributed by atoms with Gasteiger partial charge < -0.3 is 4.74 Å². The first-order valence-corrected chi connectivity index (χ1v) is 6.44. The van der Waals surface area contributed by atoms with Gasteiger partial charge in [0.2, 0.25) is 0 Å². The van der Waals surface area contributed by atoms with E-state index in [9.17, 15) is 4.79 Å². The fourth-order valence-corrected chi connectivity index (χ4v) is 1.95. The quantitative estimate of drug-likeness (QED) is 0.556. The number of methoxy groups -OCH3 is 1. The van der Waals surface area contributed by atoms with E-state index in [4.69, 9.17) is 4.74 Å². The van der Waals surface area contributed by atoms with Crippen LogP contribution in [0, 0.1) is 0 Å². The zero-order valence-corrected chi connectivity index (χ0v) is 10.2. The van der Waals surface area contributed by atoms with Crippen molar-refractivity contribution < 1.29 is 9.53 Å². The Morgan fingerprint density at radius 2 is 1.93 bits per heavy atom.